The van der Waals surface area contributed by atoms with Crippen LogP contribution < -0.4 is 10.3 Å². The number of rotatable bonds is 5. The van der Waals surface area contributed by atoms with Crippen molar-refractivity contribution in [2.45, 2.75) is 20.3 Å². The monoisotopic (exact) mass is 385 g/mol. The summed E-state index contributed by atoms with van der Waals surface area (Å²) in [7, 11) is 1.31. The number of aromatic nitrogens is 1. The molecule has 0 bridgehead atoms. The number of hydrogen-bond donors (Lipinski definition) is 1. The fourth-order valence-corrected chi connectivity index (χ4v) is 3.17. The predicted octanol–water partition coefficient (Wildman–Crippen LogP) is 3.94. The molecule has 140 valence electrons. The standard InChI is InChI=1S/C21H20ClNO4/c1-12-8-17-20(18(9-12)27-11-19(24)26-3)16(13(2)21(25)23-17)10-14-4-6-15(22)7-5-14/h4-9H,10-11H2,1-3H3,(H,23,25). The zero-order valence-electron chi connectivity index (χ0n) is 15.4. The molecular formula is C21H20ClNO4. The van der Waals surface area contributed by atoms with Gasteiger partial charge in [0.1, 0.15) is 5.75 Å². The molecule has 0 saturated carbocycles. The highest BCUT2D eigenvalue weighted by atomic mass is 35.5. The number of esters is 1. The van der Waals surface area contributed by atoms with Crippen LogP contribution >= 0.6 is 11.6 Å². The van der Waals surface area contributed by atoms with E-state index in [0.29, 0.717) is 28.3 Å². The van der Waals surface area contributed by atoms with Gasteiger partial charge in [-0.15, -0.1) is 0 Å². The van der Waals surface area contributed by atoms with E-state index in [1.54, 1.807) is 6.92 Å². The smallest absolute Gasteiger partial charge is 0.343 e. The third-order valence-corrected chi connectivity index (χ3v) is 4.71. The minimum atomic E-state index is -0.468. The third kappa shape index (κ3) is 4.14. The average Bonchev–Trinajstić information content (AvgIpc) is 2.64. The first-order valence-electron chi connectivity index (χ1n) is 8.49. The second kappa shape index (κ2) is 7.84. The Labute approximate surface area is 161 Å². The number of nitrogens with one attached hydrogen (secondary N) is 1. The normalized spacial score (nSPS) is 10.8. The molecule has 1 aromatic heterocycles. The van der Waals surface area contributed by atoms with E-state index in [1.807, 2.05) is 43.3 Å². The fourth-order valence-electron chi connectivity index (χ4n) is 3.04. The second-order valence-corrected chi connectivity index (χ2v) is 6.85. The lowest BCUT2D eigenvalue weighted by Crippen LogP contribution is -2.16. The molecule has 1 heterocycles. The van der Waals surface area contributed by atoms with Gasteiger partial charge in [-0.25, -0.2) is 4.79 Å². The van der Waals surface area contributed by atoms with E-state index >= 15 is 0 Å². The number of carbonyl (C=O) groups excluding carboxylic acids is 1. The summed E-state index contributed by atoms with van der Waals surface area (Å²) < 4.78 is 10.4. The summed E-state index contributed by atoms with van der Waals surface area (Å²) in [5, 5.41) is 1.44. The topological polar surface area (TPSA) is 68.4 Å². The Morgan fingerprint density at radius 1 is 1.15 bits per heavy atom. The van der Waals surface area contributed by atoms with Crippen molar-refractivity contribution in [1.29, 1.82) is 0 Å². The van der Waals surface area contributed by atoms with Crippen LogP contribution in [-0.2, 0) is 16.0 Å². The number of fused-ring (bicyclic) bond motifs is 1. The molecule has 2 aromatic carbocycles. The van der Waals surface area contributed by atoms with Crippen LogP contribution in [0.5, 0.6) is 5.75 Å². The molecule has 1 N–H and O–H groups in total. The lowest BCUT2D eigenvalue weighted by molar-refractivity contribution is -0.142. The van der Waals surface area contributed by atoms with Gasteiger partial charge in [-0.2, -0.15) is 0 Å². The summed E-state index contributed by atoms with van der Waals surface area (Å²) in [5.74, 6) is 0.0729. The molecule has 0 amide bonds. The van der Waals surface area contributed by atoms with Crippen molar-refractivity contribution in [2.24, 2.45) is 0 Å². The number of ether oxygens (including phenoxy) is 2. The number of pyridine rings is 1. The van der Waals surface area contributed by atoms with Crippen LogP contribution in [0.3, 0.4) is 0 Å². The van der Waals surface area contributed by atoms with Crippen LogP contribution in [0.25, 0.3) is 10.9 Å². The van der Waals surface area contributed by atoms with Crippen molar-refractivity contribution >= 4 is 28.5 Å². The number of halogens is 1. The van der Waals surface area contributed by atoms with Crippen molar-refractivity contribution in [1.82, 2.24) is 4.98 Å². The predicted molar refractivity (Wildman–Crippen MR) is 106 cm³/mol. The van der Waals surface area contributed by atoms with Gasteiger partial charge in [0.05, 0.1) is 12.6 Å². The highest BCUT2D eigenvalue weighted by Gasteiger charge is 2.16. The Kier molecular flexibility index (Phi) is 5.51. The average molecular weight is 386 g/mol. The Balaban J connectivity index is 2.17. The molecule has 6 heteroatoms. The Hall–Kier alpha value is -2.79. The van der Waals surface area contributed by atoms with Crippen LogP contribution in [-0.4, -0.2) is 24.7 Å². The molecule has 3 rings (SSSR count). The molecule has 0 radical (unpaired) electrons. The Morgan fingerprint density at radius 3 is 2.52 bits per heavy atom. The number of aromatic amines is 1. The summed E-state index contributed by atoms with van der Waals surface area (Å²) in [4.78, 5) is 26.9. The lowest BCUT2D eigenvalue weighted by Gasteiger charge is -2.15. The number of aryl methyl sites for hydroxylation is 1. The molecule has 0 aliphatic carbocycles. The molecule has 0 unspecified atom stereocenters. The molecule has 5 nitrogen and oxygen atoms in total. The van der Waals surface area contributed by atoms with E-state index in [1.165, 1.54) is 7.11 Å². The number of H-pyrrole nitrogens is 1. The van der Waals surface area contributed by atoms with E-state index in [9.17, 15) is 9.59 Å². The maximum atomic E-state index is 12.4. The van der Waals surface area contributed by atoms with E-state index in [0.717, 1.165) is 22.1 Å². The van der Waals surface area contributed by atoms with Crippen molar-refractivity contribution in [2.75, 3.05) is 13.7 Å². The summed E-state index contributed by atoms with van der Waals surface area (Å²) in [6.45, 7) is 3.49. The zero-order valence-corrected chi connectivity index (χ0v) is 16.1. The summed E-state index contributed by atoms with van der Waals surface area (Å²) in [6.07, 6.45) is 0.543. The number of methoxy groups -OCH3 is 1. The molecule has 27 heavy (non-hydrogen) atoms. The quantitative estimate of drug-likeness (QED) is 0.675. The van der Waals surface area contributed by atoms with Gasteiger partial charge in [-0.3, -0.25) is 4.79 Å². The van der Waals surface area contributed by atoms with Gasteiger partial charge in [0.15, 0.2) is 6.61 Å². The maximum Gasteiger partial charge on any atom is 0.343 e. The van der Waals surface area contributed by atoms with Crippen LogP contribution in [0.2, 0.25) is 5.02 Å². The summed E-state index contributed by atoms with van der Waals surface area (Å²) in [5.41, 5.74) is 3.94. The molecule has 0 aliphatic rings. The number of benzene rings is 2. The lowest BCUT2D eigenvalue weighted by atomic mass is 9.96. The van der Waals surface area contributed by atoms with Crippen LogP contribution in [0.4, 0.5) is 0 Å². The van der Waals surface area contributed by atoms with Gasteiger partial charge in [0.2, 0.25) is 0 Å². The largest absolute Gasteiger partial charge is 0.481 e. The van der Waals surface area contributed by atoms with Crippen molar-refractivity contribution in [3.05, 3.63) is 74.0 Å². The summed E-state index contributed by atoms with van der Waals surface area (Å²) >= 11 is 5.97. The third-order valence-electron chi connectivity index (χ3n) is 4.46. The van der Waals surface area contributed by atoms with E-state index in [4.69, 9.17) is 16.3 Å². The Bertz CT molecular complexity index is 1050. The second-order valence-electron chi connectivity index (χ2n) is 6.41. The molecular weight excluding hydrogens is 366 g/mol. The maximum absolute atomic E-state index is 12.4. The van der Waals surface area contributed by atoms with Crippen LogP contribution in [0, 0.1) is 13.8 Å². The molecule has 0 fully saturated rings. The highest BCUT2D eigenvalue weighted by Crippen LogP contribution is 2.32. The van der Waals surface area contributed by atoms with E-state index < -0.39 is 5.97 Å². The van der Waals surface area contributed by atoms with E-state index in [-0.39, 0.29) is 12.2 Å². The minimum absolute atomic E-state index is 0.143. The van der Waals surface area contributed by atoms with Crippen LogP contribution in [0.15, 0.2) is 41.2 Å². The van der Waals surface area contributed by atoms with Gasteiger partial charge < -0.3 is 14.5 Å². The van der Waals surface area contributed by atoms with Gasteiger partial charge in [0, 0.05) is 16.0 Å². The minimum Gasteiger partial charge on any atom is -0.481 e. The fraction of sp³-hybridized carbons (Fsp3) is 0.238. The number of carbonyl (C=O) groups is 1. The van der Waals surface area contributed by atoms with Gasteiger partial charge in [-0.05, 0) is 61.2 Å². The van der Waals surface area contributed by atoms with Crippen molar-refractivity contribution in [3.8, 4) is 5.75 Å². The Morgan fingerprint density at radius 2 is 1.85 bits per heavy atom. The van der Waals surface area contributed by atoms with Crippen molar-refractivity contribution in [3.63, 3.8) is 0 Å². The first-order chi connectivity index (χ1) is 12.9. The van der Waals surface area contributed by atoms with Gasteiger partial charge in [-0.1, -0.05) is 23.7 Å². The van der Waals surface area contributed by atoms with E-state index in [2.05, 4.69) is 9.72 Å². The molecule has 0 saturated heterocycles. The molecule has 0 spiro atoms. The van der Waals surface area contributed by atoms with Crippen LogP contribution in [0.1, 0.15) is 22.3 Å². The summed E-state index contributed by atoms with van der Waals surface area (Å²) in [6, 6.07) is 11.2. The first-order valence-corrected chi connectivity index (χ1v) is 8.87. The first kappa shape index (κ1) is 19.0. The van der Waals surface area contributed by atoms with Crippen molar-refractivity contribution < 1.29 is 14.3 Å². The SMILES string of the molecule is COC(=O)COc1cc(C)cc2[nH]c(=O)c(C)c(Cc3ccc(Cl)cc3)c12. The molecule has 0 aliphatic heterocycles. The highest BCUT2D eigenvalue weighted by molar-refractivity contribution is 6.30. The number of hydrogen-bond acceptors (Lipinski definition) is 4. The zero-order chi connectivity index (χ0) is 19.6. The van der Waals surface area contributed by atoms with Gasteiger partial charge >= 0.3 is 5.97 Å². The van der Waals surface area contributed by atoms with Gasteiger partial charge in [0.25, 0.3) is 5.56 Å². The molecule has 0 atom stereocenters. The molecule has 3 aromatic rings.